The Morgan fingerprint density at radius 2 is 1.74 bits per heavy atom. The Labute approximate surface area is 159 Å². The first kappa shape index (κ1) is 19.3. The van der Waals surface area contributed by atoms with Gasteiger partial charge in [-0.15, -0.1) is 0 Å². The number of aryl methyl sites for hydroxylation is 3. The van der Waals surface area contributed by atoms with Gasteiger partial charge in [-0.1, -0.05) is 30.3 Å². The van der Waals surface area contributed by atoms with E-state index in [1.807, 2.05) is 37.3 Å². The molecule has 3 rings (SSSR count). The average Bonchev–Trinajstić information content (AvgIpc) is 2.66. The van der Waals surface area contributed by atoms with Crippen molar-refractivity contribution in [3.63, 3.8) is 0 Å². The molecule has 0 saturated heterocycles. The van der Waals surface area contributed by atoms with Crippen LogP contribution in [0.3, 0.4) is 0 Å². The molecule has 0 fully saturated rings. The van der Waals surface area contributed by atoms with E-state index in [0.29, 0.717) is 36.1 Å². The second-order valence-electron chi connectivity index (χ2n) is 6.53. The SMILES string of the molecule is CCn1c(=O)c(CCc2ccccc2)nc2cc(S(=O)(=O)N(C)C)ccc21. The van der Waals surface area contributed by atoms with Gasteiger partial charge in [-0.05, 0) is 43.5 Å². The minimum atomic E-state index is -3.56. The molecule has 27 heavy (non-hydrogen) atoms. The lowest BCUT2D eigenvalue weighted by atomic mass is 10.1. The Kier molecular flexibility index (Phi) is 5.43. The second-order valence-corrected chi connectivity index (χ2v) is 8.68. The highest BCUT2D eigenvalue weighted by Gasteiger charge is 2.19. The third-order valence-corrected chi connectivity index (χ3v) is 6.38. The summed E-state index contributed by atoms with van der Waals surface area (Å²) in [5.41, 5.74) is 2.62. The topological polar surface area (TPSA) is 72.3 Å². The Hall–Kier alpha value is -2.51. The summed E-state index contributed by atoms with van der Waals surface area (Å²) in [5.74, 6) is 0. The highest BCUT2D eigenvalue weighted by Crippen LogP contribution is 2.19. The molecule has 0 radical (unpaired) electrons. The van der Waals surface area contributed by atoms with E-state index in [-0.39, 0.29) is 10.5 Å². The molecule has 2 aromatic carbocycles. The fourth-order valence-corrected chi connectivity index (χ4v) is 3.96. The van der Waals surface area contributed by atoms with E-state index < -0.39 is 10.0 Å². The first-order valence-corrected chi connectivity index (χ1v) is 10.3. The predicted molar refractivity (Wildman–Crippen MR) is 106 cm³/mol. The zero-order valence-corrected chi connectivity index (χ0v) is 16.5. The normalized spacial score (nSPS) is 12.0. The van der Waals surface area contributed by atoms with Crippen molar-refractivity contribution in [3.8, 4) is 0 Å². The van der Waals surface area contributed by atoms with Crippen molar-refractivity contribution in [3.05, 3.63) is 70.1 Å². The van der Waals surface area contributed by atoms with Crippen molar-refractivity contribution >= 4 is 21.1 Å². The Balaban J connectivity index is 2.09. The first-order chi connectivity index (χ1) is 12.8. The molecule has 0 saturated carbocycles. The van der Waals surface area contributed by atoms with E-state index in [0.717, 1.165) is 5.56 Å². The molecule has 0 amide bonds. The molecular formula is C20H23N3O3S. The van der Waals surface area contributed by atoms with Gasteiger partial charge in [-0.2, -0.15) is 0 Å². The highest BCUT2D eigenvalue weighted by atomic mass is 32.2. The largest absolute Gasteiger partial charge is 0.305 e. The third kappa shape index (κ3) is 3.79. The molecule has 6 nitrogen and oxygen atoms in total. The van der Waals surface area contributed by atoms with E-state index in [4.69, 9.17) is 0 Å². The van der Waals surface area contributed by atoms with Gasteiger partial charge in [0.1, 0.15) is 5.69 Å². The summed E-state index contributed by atoms with van der Waals surface area (Å²) in [7, 11) is -0.578. The zero-order valence-electron chi connectivity index (χ0n) is 15.7. The van der Waals surface area contributed by atoms with Gasteiger partial charge >= 0.3 is 0 Å². The fraction of sp³-hybridized carbons (Fsp3) is 0.300. The molecule has 0 spiro atoms. The molecule has 142 valence electrons. The van der Waals surface area contributed by atoms with Gasteiger partial charge in [-0.3, -0.25) is 4.79 Å². The quantitative estimate of drug-likeness (QED) is 0.653. The van der Waals surface area contributed by atoms with Gasteiger partial charge in [0.2, 0.25) is 10.0 Å². The van der Waals surface area contributed by atoms with Crippen molar-refractivity contribution in [2.24, 2.45) is 0 Å². The Bertz CT molecular complexity index is 1120. The summed E-state index contributed by atoms with van der Waals surface area (Å²) in [6.07, 6.45) is 1.21. The predicted octanol–water partition coefficient (Wildman–Crippen LogP) is 2.45. The van der Waals surface area contributed by atoms with Gasteiger partial charge in [0.05, 0.1) is 15.9 Å². The maximum Gasteiger partial charge on any atom is 0.272 e. The molecule has 0 aliphatic heterocycles. The standard InChI is InChI=1S/C20H23N3O3S/c1-4-23-19-13-11-16(27(25,26)22(2)3)14-18(19)21-17(20(23)24)12-10-15-8-6-5-7-9-15/h5-9,11,13-14H,4,10,12H2,1-3H3. The van der Waals surface area contributed by atoms with Crippen LogP contribution in [0.2, 0.25) is 0 Å². The molecule has 7 heteroatoms. The van der Waals surface area contributed by atoms with E-state index >= 15 is 0 Å². The number of aromatic nitrogens is 2. The minimum absolute atomic E-state index is 0.121. The van der Waals surface area contributed by atoms with Crippen LogP contribution in [0, 0.1) is 0 Å². The zero-order chi connectivity index (χ0) is 19.6. The van der Waals surface area contributed by atoms with Crippen LogP contribution in [-0.4, -0.2) is 36.4 Å². The molecule has 0 atom stereocenters. The number of hydrogen-bond acceptors (Lipinski definition) is 4. The lowest BCUT2D eigenvalue weighted by molar-refractivity contribution is 0.521. The van der Waals surface area contributed by atoms with Crippen LogP contribution in [0.5, 0.6) is 0 Å². The van der Waals surface area contributed by atoms with Crippen LogP contribution in [0.4, 0.5) is 0 Å². The van der Waals surface area contributed by atoms with E-state index in [9.17, 15) is 13.2 Å². The Morgan fingerprint density at radius 3 is 2.37 bits per heavy atom. The number of benzene rings is 2. The van der Waals surface area contributed by atoms with Crippen LogP contribution in [0.1, 0.15) is 18.2 Å². The molecule has 0 N–H and O–H groups in total. The summed E-state index contributed by atoms with van der Waals surface area (Å²) in [4.78, 5) is 17.5. The number of nitrogens with zero attached hydrogens (tertiary/aromatic N) is 3. The van der Waals surface area contributed by atoms with Crippen LogP contribution < -0.4 is 5.56 Å². The van der Waals surface area contributed by atoms with Crippen LogP contribution in [0.15, 0.2) is 58.2 Å². The van der Waals surface area contributed by atoms with Gasteiger partial charge in [0.15, 0.2) is 0 Å². The van der Waals surface area contributed by atoms with Crippen LogP contribution in [-0.2, 0) is 29.4 Å². The van der Waals surface area contributed by atoms with Crippen molar-refractivity contribution < 1.29 is 8.42 Å². The highest BCUT2D eigenvalue weighted by molar-refractivity contribution is 7.89. The Morgan fingerprint density at radius 1 is 1.04 bits per heavy atom. The maximum absolute atomic E-state index is 12.8. The molecule has 0 bridgehead atoms. The smallest absolute Gasteiger partial charge is 0.272 e. The summed E-state index contributed by atoms with van der Waals surface area (Å²) < 4.78 is 27.7. The van der Waals surface area contributed by atoms with E-state index in [2.05, 4.69) is 4.98 Å². The first-order valence-electron chi connectivity index (χ1n) is 8.84. The van der Waals surface area contributed by atoms with Gasteiger partial charge in [0, 0.05) is 20.6 Å². The third-order valence-electron chi connectivity index (χ3n) is 4.57. The van der Waals surface area contributed by atoms with Crippen LogP contribution in [0.25, 0.3) is 11.0 Å². The number of fused-ring (bicyclic) bond motifs is 1. The summed E-state index contributed by atoms with van der Waals surface area (Å²) in [6.45, 7) is 2.39. The number of sulfonamides is 1. The minimum Gasteiger partial charge on any atom is -0.305 e. The van der Waals surface area contributed by atoms with E-state index in [1.165, 1.54) is 24.5 Å². The lowest BCUT2D eigenvalue weighted by Crippen LogP contribution is -2.26. The van der Waals surface area contributed by atoms with E-state index in [1.54, 1.807) is 16.7 Å². The molecule has 1 heterocycles. The van der Waals surface area contributed by atoms with Crippen LogP contribution >= 0.6 is 0 Å². The summed E-state index contributed by atoms with van der Waals surface area (Å²) >= 11 is 0. The molecule has 3 aromatic rings. The summed E-state index contributed by atoms with van der Waals surface area (Å²) in [6, 6.07) is 14.6. The molecule has 0 aliphatic carbocycles. The second kappa shape index (κ2) is 7.62. The fourth-order valence-electron chi connectivity index (χ4n) is 3.03. The number of rotatable bonds is 6. The molecular weight excluding hydrogens is 362 g/mol. The molecule has 1 aromatic heterocycles. The van der Waals surface area contributed by atoms with Gasteiger partial charge < -0.3 is 4.57 Å². The number of hydrogen-bond donors (Lipinski definition) is 0. The maximum atomic E-state index is 12.8. The van der Waals surface area contributed by atoms with Crippen molar-refractivity contribution in [1.29, 1.82) is 0 Å². The lowest BCUT2D eigenvalue weighted by Gasteiger charge is -2.14. The molecule has 0 unspecified atom stereocenters. The average molecular weight is 385 g/mol. The van der Waals surface area contributed by atoms with Crippen molar-refractivity contribution in [1.82, 2.24) is 13.9 Å². The molecule has 0 aliphatic rings. The summed E-state index contributed by atoms with van der Waals surface area (Å²) in [5, 5.41) is 0. The van der Waals surface area contributed by atoms with Crippen molar-refractivity contribution in [2.45, 2.75) is 31.2 Å². The van der Waals surface area contributed by atoms with Gasteiger partial charge in [-0.25, -0.2) is 17.7 Å². The van der Waals surface area contributed by atoms with Gasteiger partial charge in [0.25, 0.3) is 5.56 Å². The van der Waals surface area contributed by atoms with Crippen molar-refractivity contribution in [2.75, 3.05) is 14.1 Å². The monoisotopic (exact) mass is 385 g/mol.